The summed E-state index contributed by atoms with van der Waals surface area (Å²) >= 11 is 0. The molecule has 2 N–H and O–H groups in total. The maximum absolute atomic E-state index is 5.50. The van der Waals surface area contributed by atoms with Gasteiger partial charge < -0.3 is 5.73 Å². The van der Waals surface area contributed by atoms with Gasteiger partial charge in [-0.25, -0.2) is 4.98 Å². The highest BCUT2D eigenvalue weighted by atomic mass is 15.3. The van der Waals surface area contributed by atoms with E-state index in [9.17, 15) is 0 Å². The van der Waals surface area contributed by atoms with Gasteiger partial charge in [0, 0.05) is 13.2 Å². The van der Waals surface area contributed by atoms with Gasteiger partial charge in [0.05, 0.1) is 6.54 Å². The average molecular weight is 189 g/mol. The Kier molecular flexibility index (Phi) is 2.24. The second kappa shape index (κ2) is 3.55. The van der Waals surface area contributed by atoms with Gasteiger partial charge in [0.2, 0.25) is 0 Å². The van der Waals surface area contributed by atoms with Crippen LogP contribution in [0.4, 0.5) is 0 Å². The van der Waals surface area contributed by atoms with Gasteiger partial charge in [-0.3, -0.25) is 9.67 Å². The van der Waals surface area contributed by atoms with Crippen molar-refractivity contribution in [1.29, 1.82) is 0 Å². The Morgan fingerprint density at radius 3 is 2.86 bits per heavy atom. The number of pyridine rings is 1. The largest absolute Gasteiger partial charge is 0.324 e. The highest BCUT2D eigenvalue weighted by Crippen LogP contribution is 2.10. The van der Waals surface area contributed by atoms with E-state index in [1.54, 1.807) is 10.9 Å². The van der Waals surface area contributed by atoms with Crippen LogP contribution < -0.4 is 5.73 Å². The molecule has 0 aliphatic heterocycles. The summed E-state index contributed by atoms with van der Waals surface area (Å²) in [6, 6.07) is 5.63. The van der Waals surface area contributed by atoms with Crippen LogP contribution in [0.5, 0.6) is 0 Å². The van der Waals surface area contributed by atoms with Crippen LogP contribution in [0, 0.1) is 0 Å². The van der Waals surface area contributed by atoms with Crippen molar-refractivity contribution in [2.24, 2.45) is 12.8 Å². The van der Waals surface area contributed by atoms with E-state index in [2.05, 4.69) is 15.1 Å². The zero-order valence-electron chi connectivity index (χ0n) is 7.88. The summed E-state index contributed by atoms with van der Waals surface area (Å²) in [6.07, 6.45) is 1.72. The van der Waals surface area contributed by atoms with Crippen LogP contribution in [-0.2, 0) is 13.6 Å². The second-order valence-electron chi connectivity index (χ2n) is 2.89. The molecule has 2 rings (SSSR count). The van der Waals surface area contributed by atoms with E-state index in [-0.39, 0.29) is 0 Å². The topological polar surface area (TPSA) is 69.6 Å². The molecule has 0 aliphatic carbocycles. The molecular formula is C9H11N5. The number of nitrogens with zero attached hydrogens (tertiary/aromatic N) is 4. The Balaban J connectivity index is 2.43. The lowest BCUT2D eigenvalue weighted by Gasteiger charge is -1.90. The number of hydrogen-bond donors (Lipinski definition) is 1. The van der Waals surface area contributed by atoms with Crippen molar-refractivity contribution in [3.63, 3.8) is 0 Å². The maximum Gasteiger partial charge on any atom is 0.200 e. The molecule has 0 aromatic carbocycles. The fourth-order valence-electron chi connectivity index (χ4n) is 1.20. The molecule has 2 aromatic heterocycles. The maximum atomic E-state index is 5.50. The van der Waals surface area contributed by atoms with E-state index < -0.39 is 0 Å². The Bertz CT molecular complexity index is 420. The Morgan fingerprint density at radius 2 is 2.29 bits per heavy atom. The summed E-state index contributed by atoms with van der Waals surface area (Å²) in [6.45, 7) is 0.385. The smallest absolute Gasteiger partial charge is 0.200 e. The molecule has 0 spiro atoms. The minimum absolute atomic E-state index is 0.385. The van der Waals surface area contributed by atoms with Crippen LogP contribution in [0.2, 0.25) is 0 Å². The molecule has 0 saturated heterocycles. The highest BCUT2D eigenvalue weighted by Gasteiger charge is 2.07. The summed E-state index contributed by atoms with van der Waals surface area (Å²) < 4.78 is 1.67. The molecule has 14 heavy (non-hydrogen) atoms. The lowest BCUT2D eigenvalue weighted by Crippen LogP contribution is -2.05. The molecule has 72 valence electrons. The van der Waals surface area contributed by atoms with Crippen molar-refractivity contribution < 1.29 is 0 Å². The first-order valence-corrected chi connectivity index (χ1v) is 4.32. The van der Waals surface area contributed by atoms with Gasteiger partial charge in [-0.1, -0.05) is 6.07 Å². The van der Waals surface area contributed by atoms with Crippen LogP contribution in [-0.4, -0.2) is 19.7 Å². The van der Waals surface area contributed by atoms with Gasteiger partial charge >= 0.3 is 0 Å². The Labute approximate surface area is 81.6 Å². The second-order valence-corrected chi connectivity index (χ2v) is 2.89. The van der Waals surface area contributed by atoms with Crippen molar-refractivity contribution in [1.82, 2.24) is 19.7 Å². The van der Waals surface area contributed by atoms with Gasteiger partial charge in [0.15, 0.2) is 5.82 Å². The summed E-state index contributed by atoms with van der Waals surface area (Å²) in [5.74, 6) is 1.37. The van der Waals surface area contributed by atoms with Crippen LogP contribution in [0.25, 0.3) is 11.5 Å². The molecule has 2 heterocycles. The normalized spacial score (nSPS) is 10.4. The summed E-state index contributed by atoms with van der Waals surface area (Å²) in [5, 5.41) is 4.21. The SMILES string of the molecule is Cn1nc(-c2ccccn2)nc1CN. The van der Waals surface area contributed by atoms with Gasteiger partial charge in [-0.15, -0.1) is 5.10 Å². The fraction of sp³-hybridized carbons (Fsp3) is 0.222. The minimum Gasteiger partial charge on any atom is -0.324 e. The zero-order chi connectivity index (χ0) is 9.97. The lowest BCUT2D eigenvalue weighted by atomic mass is 10.3. The molecule has 0 atom stereocenters. The molecule has 5 nitrogen and oxygen atoms in total. The van der Waals surface area contributed by atoms with Gasteiger partial charge in [-0.05, 0) is 12.1 Å². The van der Waals surface area contributed by atoms with Crippen LogP contribution in [0.3, 0.4) is 0 Å². The number of aryl methyl sites for hydroxylation is 1. The summed E-state index contributed by atoms with van der Waals surface area (Å²) in [5.41, 5.74) is 6.26. The number of hydrogen-bond acceptors (Lipinski definition) is 4. The third-order valence-electron chi connectivity index (χ3n) is 1.93. The average Bonchev–Trinajstić information content (AvgIpc) is 2.61. The molecule has 0 amide bonds. The van der Waals surface area contributed by atoms with Crippen molar-refractivity contribution in [2.75, 3.05) is 0 Å². The van der Waals surface area contributed by atoms with Crippen molar-refractivity contribution in [3.8, 4) is 11.5 Å². The third-order valence-corrected chi connectivity index (χ3v) is 1.93. The molecule has 0 unspecified atom stereocenters. The molecule has 5 heteroatoms. The molecule has 0 bridgehead atoms. The van der Waals surface area contributed by atoms with E-state index in [0.717, 1.165) is 11.5 Å². The number of nitrogens with two attached hydrogens (primary N) is 1. The van der Waals surface area contributed by atoms with Gasteiger partial charge in [0.25, 0.3) is 0 Å². The molecule has 0 radical (unpaired) electrons. The highest BCUT2D eigenvalue weighted by molar-refractivity contribution is 5.47. The first kappa shape index (κ1) is 8.83. The van der Waals surface area contributed by atoms with Crippen molar-refractivity contribution in [3.05, 3.63) is 30.2 Å². The van der Waals surface area contributed by atoms with Gasteiger partial charge in [0.1, 0.15) is 11.5 Å². The first-order valence-electron chi connectivity index (χ1n) is 4.32. The van der Waals surface area contributed by atoms with Crippen LogP contribution in [0.15, 0.2) is 24.4 Å². The monoisotopic (exact) mass is 189 g/mol. The predicted molar refractivity (Wildman–Crippen MR) is 52.1 cm³/mol. The van der Waals surface area contributed by atoms with E-state index in [1.165, 1.54) is 0 Å². The Morgan fingerprint density at radius 1 is 1.43 bits per heavy atom. The molecular weight excluding hydrogens is 178 g/mol. The minimum atomic E-state index is 0.385. The van der Waals surface area contributed by atoms with Gasteiger partial charge in [-0.2, -0.15) is 0 Å². The number of rotatable bonds is 2. The van der Waals surface area contributed by atoms with Crippen molar-refractivity contribution in [2.45, 2.75) is 6.54 Å². The number of aromatic nitrogens is 4. The lowest BCUT2D eigenvalue weighted by molar-refractivity contribution is 0.703. The standard InChI is InChI=1S/C9H11N5/c1-14-8(6-10)12-9(13-14)7-4-2-3-5-11-7/h2-5H,6,10H2,1H3. The summed E-state index contributed by atoms with van der Waals surface area (Å²) in [4.78, 5) is 8.42. The van der Waals surface area contributed by atoms with E-state index >= 15 is 0 Å². The van der Waals surface area contributed by atoms with Crippen molar-refractivity contribution >= 4 is 0 Å². The van der Waals surface area contributed by atoms with E-state index in [1.807, 2.05) is 25.2 Å². The Hall–Kier alpha value is -1.75. The third kappa shape index (κ3) is 1.49. The quantitative estimate of drug-likeness (QED) is 0.739. The fourth-order valence-corrected chi connectivity index (χ4v) is 1.20. The van der Waals surface area contributed by atoms with E-state index in [4.69, 9.17) is 5.73 Å². The zero-order valence-corrected chi connectivity index (χ0v) is 7.88. The summed E-state index contributed by atoms with van der Waals surface area (Å²) in [7, 11) is 1.82. The first-order chi connectivity index (χ1) is 6.81. The van der Waals surface area contributed by atoms with Crippen LogP contribution >= 0.6 is 0 Å². The predicted octanol–water partition coefficient (Wildman–Crippen LogP) is 0.336. The van der Waals surface area contributed by atoms with Crippen LogP contribution in [0.1, 0.15) is 5.82 Å². The molecule has 0 saturated carbocycles. The molecule has 0 aliphatic rings. The molecule has 2 aromatic rings. The van der Waals surface area contributed by atoms with E-state index in [0.29, 0.717) is 12.4 Å². The molecule has 0 fully saturated rings.